The van der Waals surface area contributed by atoms with E-state index in [1.165, 1.54) is 72.1 Å². The van der Waals surface area contributed by atoms with Crippen molar-refractivity contribution >= 4 is 59.1 Å². The minimum absolute atomic E-state index is 0.00478. The topological polar surface area (TPSA) is 612 Å². The lowest BCUT2D eigenvalue weighted by molar-refractivity contribution is -0.272. The summed E-state index contributed by atoms with van der Waals surface area (Å²) in [5.74, 6) is -5.02. The molecule has 3 heterocycles. The van der Waals surface area contributed by atoms with E-state index in [9.17, 15) is 93.9 Å². The van der Waals surface area contributed by atoms with E-state index in [0.717, 1.165) is 44.9 Å². The number of amides is 10. The van der Waals surface area contributed by atoms with E-state index in [-0.39, 0.29) is 183 Å². The Balaban J connectivity index is 1.67. The van der Waals surface area contributed by atoms with Gasteiger partial charge in [0, 0.05) is 53.4 Å². The quantitative estimate of drug-likeness (QED) is 0.0272. The molecule has 19 N–H and O–H groups in total. The SMILES string of the molecule is CCCCCCCCCCCCCCC(=O)NCCCC[C@H](NC(=O)[C@H](CCCCNC(=O)COCCOCCOCCO[C@@H]1O[C@H](CO)[C@H](O)[C@H](O)[C@H]1NC(C)=O)NC(=O)[C@H](CCCCNC(=O)COCCOCCOCCO[C@@H]1O[C@H](CO)[C@H](O)[C@H](O)[C@H]1NC(C)=O)NC(=O)COCCOCCOCCO[C@@H]1O[C@H](CO)[C@H](O)[C@H](O)[C@H]1NC(C)=O)C(=O)NCCCCCC. The number of aliphatic hydroxyl groups excluding tert-OH is 9. The molecule has 18 atom stereocenters. The molecule has 131 heavy (non-hydrogen) atoms. The van der Waals surface area contributed by atoms with Gasteiger partial charge in [0.2, 0.25) is 59.1 Å². The standard InChI is InChI=1S/C87H160N10O34/c1-6-8-10-12-13-14-15-16-17-18-19-20-31-69(104)88-32-25-21-28-63(82(114)91-35-24-11-9-7-2)96-84(116)65(30-23-27-34-90-71(106)58-124-46-43-118-37-40-121-49-52-127-86-74(93-61(4)102)80(112)77(109)67(55-99)130-86)97-83(115)64(95-72(107)59-125-47-44-119-38-41-122-50-53-128-87-75(94-62(5)103)81(113)78(110)68(56-100)131-87)29-22-26-33-89-70(105)57-123-45-42-117-36-39-120-48-51-126-85-73(92-60(3)101)79(111)76(108)66(54-98)129-85/h63-68,73-81,85-87,98-100,108-113H,6-59H2,1-5H3,(H,88,104)(H,89,105)(H,90,106)(H,91,114)(H,92,101)(H,93,102)(H,94,103)(H,95,107)(H,96,116)(H,97,115)/t63-,64-,65-,66+,67+,68+,73+,74+,75+,76-,77-,78-,79+,80+,81+,85+,86+,87+/m0/s1. The molecule has 10 amide bonds. The summed E-state index contributed by atoms with van der Waals surface area (Å²) >= 11 is 0. The Morgan fingerprint density at radius 1 is 0.282 bits per heavy atom. The van der Waals surface area contributed by atoms with Gasteiger partial charge in [-0.05, 0) is 70.6 Å². The molecule has 3 aliphatic heterocycles. The van der Waals surface area contributed by atoms with Crippen LogP contribution >= 0.6 is 0 Å². The van der Waals surface area contributed by atoms with Gasteiger partial charge in [0.25, 0.3) is 0 Å². The minimum Gasteiger partial charge on any atom is -0.394 e. The number of rotatable bonds is 81. The van der Waals surface area contributed by atoms with Crippen molar-refractivity contribution in [3.8, 4) is 0 Å². The van der Waals surface area contributed by atoms with Crippen molar-refractivity contribution in [2.24, 2.45) is 0 Å². The summed E-state index contributed by atoms with van der Waals surface area (Å²) in [7, 11) is 0. The lowest BCUT2D eigenvalue weighted by Crippen LogP contribution is -2.64. The number of unbranched alkanes of at least 4 members (excludes halogenated alkanes) is 17. The molecule has 0 aromatic heterocycles. The van der Waals surface area contributed by atoms with Crippen LogP contribution in [-0.2, 0) is 119 Å². The van der Waals surface area contributed by atoms with Crippen molar-refractivity contribution in [1.82, 2.24) is 53.2 Å². The van der Waals surface area contributed by atoms with Crippen LogP contribution in [0.4, 0.5) is 0 Å². The number of aliphatic hydroxyl groups is 9. The Labute approximate surface area is 770 Å². The molecule has 3 fully saturated rings. The summed E-state index contributed by atoms with van der Waals surface area (Å²) in [6.07, 6.45) is 4.50. The second-order valence-electron chi connectivity index (χ2n) is 32.5. The molecule has 3 aliphatic rings. The van der Waals surface area contributed by atoms with Gasteiger partial charge in [0.05, 0.1) is 139 Å². The maximum atomic E-state index is 14.8. The van der Waals surface area contributed by atoms with Gasteiger partial charge < -0.3 is 170 Å². The molecule has 0 saturated carbocycles. The van der Waals surface area contributed by atoms with Crippen LogP contribution in [0.3, 0.4) is 0 Å². The van der Waals surface area contributed by atoms with Crippen molar-refractivity contribution in [2.75, 3.05) is 185 Å². The van der Waals surface area contributed by atoms with Gasteiger partial charge in [-0.3, -0.25) is 47.9 Å². The number of hydrogen-bond acceptors (Lipinski definition) is 34. The summed E-state index contributed by atoms with van der Waals surface area (Å²) in [5, 5.41) is 119. The van der Waals surface area contributed by atoms with Crippen LogP contribution in [0.1, 0.15) is 202 Å². The van der Waals surface area contributed by atoms with Crippen LogP contribution in [0, 0.1) is 0 Å². The zero-order valence-corrected chi connectivity index (χ0v) is 77.8. The molecule has 0 aromatic rings. The number of carbonyl (C=O) groups is 10. The predicted molar refractivity (Wildman–Crippen MR) is 471 cm³/mol. The molecular formula is C87H160N10O34. The lowest BCUT2D eigenvalue weighted by atomic mass is 9.97. The third-order valence-electron chi connectivity index (χ3n) is 21.4. The first-order chi connectivity index (χ1) is 63.3. The lowest BCUT2D eigenvalue weighted by Gasteiger charge is -2.42. The third kappa shape index (κ3) is 54.9. The molecule has 762 valence electrons. The van der Waals surface area contributed by atoms with Crippen molar-refractivity contribution in [2.45, 2.75) is 312 Å². The molecule has 44 nitrogen and oxygen atoms in total. The minimum atomic E-state index is -1.49. The summed E-state index contributed by atoms with van der Waals surface area (Å²) in [6.45, 7) is 7.08. The highest BCUT2D eigenvalue weighted by Gasteiger charge is 2.48. The first-order valence-electron chi connectivity index (χ1n) is 47.0. The second-order valence-corrected chi connectivity index (χ2v) is 32.5. The van der Waals surface area contributed by atoms with Crippen LogP contribution < -0.4 is 53.2 Å². The van der Waals surface area contributed by atoms with Gasteiger partial charge in [-0.25, -0.2) is 0 Å². The first kappa shape index (κ1) is 119. The van der Waals surface area contributed by atoms with Crippen LogP contribution in [0.15, 0.2) is 0 Å². The fourth-order valence-corrected chi connectivity index (χ4v) is 14.2. The van der Waals surface area contributed by atoms with Crippen LogP contribution in [-0.4, -0.2) is 400 Å². The summed E-state index contributed by atoms with van der Waals surface area (Å²) < 4.78 is 83.6. The zero-order valence-electron chi connectivity index (χ0n) is 77.8. The fraction of sp³-hybridized carbons (Fsp3) is 0.885. The average Bonchev–Trinajstić information content (AvgIpc) is 0.817. The molecular weight excluding hydrogens is 1730 g/mol. The predicted octanol–water partition coefficient (Wildman–Crippen LogP) is -2.88. The van der Waals surface area contributed by atoms with E-state index in [2.05, 4.69) is 67.0 Å². The number of carbonyl (C=O) groups excluding carboxylic acids is 10. The van der Waals surface area contributed by atoms with Crippen molar-refractivity contribution in [3.63, 3.8) is 0 Å². The molecule has 0 unspecified atom stereocenters. The normalized spacial score (nSPS) is 22.7. The zero-order chi connectivity index (χ0) is 96.0. The van der Waals surface area contributed by atoms with Crippen LogP contribution in [0.2, 0.25) is 0 Å². The molecule has 3 rings (SSSR count). The number of hydrogen-bond donors (Lipinski definition) is 19. The number of ether oxygens (including phenoxy) is 15. The van der Waals surface area contributed by atoms with E-state index >= 15 is 0 Å². The van der Waals surface area contributed by atoms with E-state index < -0.39 is 190 Å². The van der Waals surface area contributed by atoms with Gasteiger partial charge >= 0.3 is 0 Å². The fourth-order valence-electron chi connectivity index (χ4n) is 14.2. The second kappa shape index (κ2) is 75.9. The molecule has 0 radical (unpaired) electrons. The summed E-state index contributed by atoms with van der Waals surface area (Å²) in [4.78, 5) is 131. The number of nitrogens with one attached hydrogen (secondary N) is 10. The summed E-state index contributed by atoms with van der Waals surface area (Å²) in [6, 6.07) is -6.95. The van der Waals surface area contributed by atoms with E-state index in [1.807, 2.05) is 0 Å². The molecule has 0 aromatic carbocycles. The Morgan fingerprint density at radius 2 is 0.542 bits per heavy atom. The monoisotopic (exact) mass is 1890 g/mol. The van der Waals surface area contributed by atoms with Crippen LogP contribution in [0.5, 0.6) is 0 Å². The van der Waals surface area contributed by atoms with Crippen molar-refractivity contribution < 1.29 is 165 Å². The average molecular weight is 1890 g/mol. The third-order valence-corrected chi connectivity index (χ3v) is 21.4. The maximum Gasteiger partial charge on any atom is 0.246 e. The summed E-state index contributed by atoms with van der Waals surface area (Å²) in [5.41, 5.74) is 0. The Hall–Kier alpha value is -6.26. The van der Waals surface area contributed by atoms with Gasteiger partial charge in [0.15, 0.2) is 18.9 Å². The van der Waals surface area contributed by atoms with Gasteiger partial charge in [-0.1, -0.05) is 104 Å². The van der Waals surface area contributed by atoms with E-state index in [1.54, 1.807) is 0 Å². The molecule has 3 saturated heterocycles. The van der Waals surface area contributed by atoms with E-state index in [0.29, 0.717) is 51.6 Å². The van der Waals surface area contributed by atoms with Gasteiger partial charge in [0.1, 0.15) is 111 Å². The van der Waals surface area contributed by atoms with Gasteiger partial charge in [-0.2, -0.15) is 0 Å². The molecule has 0 spiro atoms. The maximum absolute atomic E-state index is 14.8. The smallest absolute Gasteiger partial charge is 0.246 e. The van der Waals surface area contributed by atoms with Gasteiger partial charge in [-0.15, -0.1) is 0 Å². The van der Waals surface area contributed by atoms with Crippen molar-refractivity contribution in [1.29, 1.82) is 0 Å². The highest BCUT2D eigenvalue weighted by molar-refractivity contribution is 5.94. The molecule has 0 aliphatic carbocycles. The molecule has 44 heteroatoms. The Morgan fingerprint density at radius 3 is 0.863 bits per heavy atom. The van der Waals surface area contributed by atoms with Crippen LogP contribution in [0.25, 0.3) is 0 Å². The highest BCUT2D eigenvalue weighted by atomic mass is 16.7. The highest BCUT2D eigenvalue weighted by Crippen LogP contribution is 2.26. The largest absolute Gasteiger partial charge is 0.394 e. The van der Waals surface area contributed by atoms with E-state index in [4.69, 9.17) is 71.1 Å². The first-order valence-corrected chi connectivity index (χ1v) is 47.0. The van der Waals surface area contributed by atoms with Crippen molar-refractivity contribution in [3.05, 3.63) is 0 Å². The molecule has 0 bridgehead atoms. The Bertz CT molecular complexity index is 3050. The Kier molecular flexibility index (Phi) is 68.9.